The number of rotatable bonds is 4. The van der Waals surface area contributed by atoms with Crippen LogP contribution in [0.3, 0.4) is 0 Å². The van der Waals surface area contributed by atoms with Gasteiger partial charge in [0, 0.05) is 6.04 Å². The van der Waals surface area contributed by atoms with Gasteiger partial charge in [-0.3, -0.25) is 4.79 Å². The van der Waals surface area contributed by atoms with E-state index in [1.807, 2.05) is 0 Å². The minimum absolute atomic E-state index is 0.0553. The van der Waals surface area contributed by atoms with E-state index in [2.05, 4.69) is 4.72 Å². The maximum Gasteiger partial charge on any atom is 0.323 e. The molecule has 1 heterocycles. The Balaban J connectivity index is 2.75. The highest BCUT2D eigenvalue weighted by Crippen LogP contribution is 2.14. The molecule has 0 aromatic rings. The Hall–Kier alpha value is -0.670. The molecule has 0 aromatic heterocycles. The number of nitrogens with one attached hydrogen (secondary N) is 1. The normalized spacial score (nSPS) is 26.3. The lowest BCUT2D eigenvalue weighted by Crippen LogP contribution is -2.47. The molecule has 1 fully saturated rings. The zero-order valence-electron chi connectivity index (χ0n) is 9.29. The molecule has 2 N–H and O–H groups in total. The lowest BCUT2D eigenvalue weighted by Gasteiger charge is -2.23. The summed E-state index contributed by atoms with van der Waals surface area (Å²) in [5.74, 6) is -1.67. The molecule has 1 aliphatic rings. The van der Waals surface area contributed by atoms with Crippen LogP contribution in [-0.4, -0.2) is 50.7 Å². The van der Waals surface area contributed by atoms with Gasteiger partial charge in [0.1, 0.15) is 0 Å². The van der Waals surface area contributed by atoms with Crippen LogP contribution in [-0.2, 0) is 24.7 Å². The third-order valence-electron chi connectivity index (χ3n) is 2.61. The first-order valence-electron chi connectivity index (χ1n) is 5.08. The number of carbonyl (C=O) groups is 1. The highest BCUT2D eigenvalue weighted by Gasteiger charge is 2.33. The third-order valence-corrected chi connectivity index (χ3v) is 6.22. The number of carboxylic acid groups (broad SMARTS) is 1. The van der Waals surface area contributed by atoms with Crippen LogP contribution in [0.2, 0.25) is 0 Å². The highest BCUT2D eigenvalue weighted by atomic mass is 32.2. The number of hydrogen-bond acceptors (Lipinski definition) is 5. The first-order valence-corrected chi connectivity index (χ1v) is 8.45. The van der Waals surface area contributed by atoms with E-state index in [0.717, 1.165) is 6.92 Å². The molecule has 1 saturated heterocycles. The molecule has 17 heavy (non-hydrogen) atoms. The Labute approximate surface area is 100 Å². The Morgan fingerprint density at radius 1 is 1.47 bits per heavy atom. The van der Waals surface area contributed by atoms with Crippen molar-refractivity contribution in [1.29, 1.82) is 0 Å². The molecule has 7 nitrogen and oxygen atoms in total. The molecule has 0 bridgehead atoms. The number of carboxylic acids is 1. The summed E-state index contributed by atoms with van der Waals surface area (Å²) in [5, 5.41) is 7.02. The van der Waals surface area contributed by atoms with Crippen LogP contribution in [0.15, 0.2) is 0 Å². The van der Waals surface area contributed by atoms with E-state index in [4.69, 9.17) is 5.11 Å². The lowest BCUT2D eigenvalue weighted by molar-refractivity contribution is -0.136. The van der Waals surface area contributed by atoms with Crippen molar-refractivity contribution < 1.29 is 26.7 Å². The largest absolute Gasteiger partial charge is 0.480 e. The quantitative estimate of drug-likeness (QED) is 0.681. The maximum absolute atomic E-state index is 11.6. The van der Waals surface area contributed by atoms with E-state index in [-0.39, 0.29) is 11.5 Å². The lowest BCUT2D eigenvalue weighted by atomic mass is 10.2. The van der Waals surface area contributed by atoms with E-state index in [0.29, 0.717) is 12.8 Å². The summed E-state index contributed by atoms with van der Waals surface area (Å²) in [5.41, 5.74) is 0. The molecular weight excluding hydrogens is 270 g/mol. The van der Waals surface area contributed by atoms with Crippen molar-refractivity contribution in [2.45, 2.75) is 31.1 Å². The second-order valence-electron chi connectivity index (χ2n) is 4.10. The van der Waals surface area contributed by atoms with Crippen molar-refractivity contribution in [2.24, 2.45) is 0 Å². The first-order chi connectivity index (χ1) is 7.64. The SMILES string of the molecule is CC(C(=O)O)S(=O)(=O)NC1CCCS(=O)(=O)C1. The average molecular weight is 285 g/mol. The summed E-state index contributed by atoms with van der Waals surface area (Å²) in [6.07, 6.45) is 0.793. The van der Waals surface area contributed by atoms with Crippen LogP contribution < -0.4 is 4.72 Å². The van der Waals surface area contributed by atoms with Gasteiger partial charge in [-0.25, -0.2) is 21.6 Å². The van der Waals surface area contributed by atoms with Gasteiger partial charge in [0.2, 0.25) is 10.0 Å². The molecule has 2 unspecified atom stereocenters. The van der Waals surface area contributed by atoms with Gasteiger partial charge in [0.15, 0.2) is 15.1 Å². The summed E-state index contributed by atoms with van der Waals surface area (Å²) < 4.78 is 47.9. The van der Waals surface area contributed by atoms with Gasteiger partial charge >= 0.3 is 5.97 Å². The van der Waals surface area contributed by atoms with Crippen molar-refractivity contribution in [3.63, 3.8) is 0 Å². The standard InChI is InChI=1S/C8H15NO6S2/c1-6(8(10)11)17(14,15)9-7-3-2-4-16(12,13)5-7/h6-7,9H,2-5H2,1H3,(H,10,11). The third kappa shape index (κ3) is 3.93. The molecule has 0 aliphatic carbocycles. The highest BCUT2D eigenvalue weighted by molar-refractivity contribution is 7.92. The van der Waals surface area contributed by atoms with E-state index < -0.39 is 37.1 Å². The van der Waals surface area contributed by atoms with Crippen molar-refractivity contribution in [3.8, 4) is 0 Å². The van der Waals surface area contributed by atoms with Crippen molar-refractivity contribution >= 4 is 25.8 Å². The Morgan fingerprint density at radius 3 is 2.53 bits per heavy atom. The van der Waals surface area contributed by atoms with Crippen LogP contribution in [0.4, 0.5) is 0 Å². The molecule has 2 atom stereocenters. The topological polar surface area (TPSA) is 118 Å². The van der Waals surface area contributed by atoms with Gasteiger partial charge in [-0.2, -0.15) is 0 Å². The molecule has 1 aliphatic heterocycles. The van der Waals surface area contributed by atoms with Gasteiger partial charge in [0.25, 0.3) is 0 Å². The summed E-state index contributed by atoms with van der Waals surface area (Å²) in [6, 6.07) is -0.722. The summed E-state index contributed by atoms with van der Waals surface area (Å²) in [4.78, 5) is 10.6. The minimum atomic E-state index is -4.02. The smallest absolute Gasteiger partial charge is 0.323 e. The fourth-order valence-corrected chi connectivity index (χ4v) is 4.46. The predicted molar refractivity (Wildman–Crippen MR) is 60.8 cm³/mol. The van der Waals surface area contributed by atoms with Crippen LogP contribution in [0.1, 0.15) is 19.8 Å². The number of sulfone groups is 1. The summed E-state index contributed by atoms with van der Waals surface area (Å²) >= 11 is 0. The van der Waals surface area contributed by atoms with E-state index >= 15 is 0 Å². The molecule has 0 saturated carbocycles. The molecule has 0 spiro atoms. The monoisotopic (exact) mass is 285 g/mol. The van der Waals surface area contributed by atoms with Crippen molar-refractivity contribution in [2.75, 3.05) is 11.5 Å². The molecule has 9 heteroatoms. The second kappa shape index (κ2) is 4.91. The zero-order chi connectivity index (χ0) is 13.3. The maximum atomic E-state index is 11.6. The fourth-order valence-electron chi connectivity index (χ4n) is 1.58. The van der Waals surface area contributed by atoms with Gasteiger partial charge in [-0.15, -0.1) is 0 Å². The number of sulfonamides is 1. The number of aliphatic carboxylic acids is 1. The zero-order valence-corrected chi connectivity index (χ0v) is 10.9. The Bertz CT molecular complexity index is 494. The molecule has 100 valence electrons. The second-order valence-corrected chi connectivity index (χ2v) is 8.36. The van der Waals surface area contributed by atoms with E-state index in [1.165, 1.54) is 0 Å². The van der Waals surface area contributed by atoms with Gasteiger partial charge in [-0.1, -0.05) is 0 Å². The fraction of sp³-hybridized carbons (Fsp3) is 0.875. The molecule has 0 amide bonds. The van der Waals surface area contributed by atoms with Crippen LogP contribution >= 0.6 is 0 Å². The van der Waals surface area contributed by atoms with Gasteiger partial charge in [0.05, 0.1) is 11.5 Å². The minimum Gasteiger partial charge on any atom is -0.480 e. The molecule has 0 aromatic carbocycles. The Kier molecular flexibility index (Phi) is 4.15. The van der Waals surface area contributed by atoms with Gasteiger partial charge in [-0.05, 0) is 19.8 Å². The van der Waals surface area contributed by atoms with E-state index in [1.54, 1.807) is 0 Å². The molecule has 1 rings (SSSR count). The van der Waals surface area contributed by atoms with Crippen LogP contribution in [0.5, 0.6) is 0 Å². The summed E-state index contributed by atoms with van der Waals surface area (Å²) in [6.45, 7) is 1.04. The first kappa shape index (κ1) is 14.4. The molecule has 0 radical (unpaired) electrons. The molecular formula is C8H15NO6S2. The average Bonchev–Trinajstić information content (AvgIpc) is 2.13. The Morgan fingerprint density at radius 2 is 2.06 bits per heavy atom. The van der Waals surface area contributed by atoms with Crippen molar-refractivity contribution in [3.05, 3.63) is 0 Å². The number of hydrogen-bond donors (Lipinski definition) is 2. The van der Waals surface area contributed by atoms with E-state index in [9.17, 15) is 21.6 Å². The van der Waals surface area contributed by atoms with Crippen LogP contribution in [0, 0.1) is 0 Å². The van der Waals surface area contributed by atoms with Crippen molar-refractivity contribution in [1.82, 2.24) is 4.72 Å². The predicted octanol–water partition coefficient (Wildman–Crippen LogP) is -1.04. The van der Waals surface area contributed by atoms with Gasteiger partial charge < -0.3 is 5.11 Å². The summed E-state index contributed by atoms with van der Waals surface area (Å²) in [7, 11) is -7.25. The van der Waals surface area contributed by atoms with Crippen LogP contribution in [0.25, 0.3) is 0 Å².